The number of amides is 1. The Kier molecular flexibility index (Phi) is 6.58. The molecule has 0 aromatic heterocycles. The van der Waals surface area contributed by atoms with Gasteiger partial charge in [0.1, 0.15) is 0 Å². The zero-order chi connectivity index (χ0) is 15.9. The topological polar surface area (TPSA) is 75.3 Å². The number of benzene rings is 1. The molecule has 21 heavy (non-hydrogen) atoms. The maximum atomic E-state index is 11.8. The highest BCUT2D eigenvalue weighted by Gasteiger charge is 2.09. The summed E-state index contributed by atoms with van der Waals surface area (Å²) in [7, 11) is -3.30. The first-order valence-electron chi connectivity index (χ1n) is 6.85. The van der Waals surface area contributed by atoms with Crippen molar-refractivity contribution in [2.45, 2.75) is 20.8 Å². The van der Waals surface area contributed by atoms with E-state index in [1.54, 1.807) is 6.92 Å². The van der Waals surface area contributed by atoms with Crippen molar-refractivity contribution in [1.29, 1.82) is 0 Å². The van der Waals surface area contributed by atoms with Crippen LogP contribution in [0.4, 0.5) is 0 Å². The molecule has 2 N–H and O–H groups in total. The molecule has 0 fully saturated rings. The molecule has 0 saturated carbocycles. The van der Waals surface area contributed by atoms with Crippen LogP contribution < -0.4 is 10.0 Å². The molecular weight excluding hydrogens is 288 g/mol. The molecule has 0 saturated heterocycles. The van der Waals surface area contributed by atoms with Gasteiger partial charge in [-0.1, -0.05) is 31.2 Å². The van der Waals surface area contributed by atoms with E-state index < -0.39 is 10.0 Å². The fourth-order valence-electron chi connectivity index (χ4n) is 1.94. The third-order valence-electron chi connectivity index (χ3n) is 2.95. The largest absolute Gasteiger partial charge is 0.351 e. The lowest BCUT2D eigenvalue weighted by Crippen LogP contribution is -2.33. The van der Waals surface area contributed by atoms with E-state index in [-0.39, 0.29) is 18.2 Å². The van der Waals surface area contributed by atoms with Crippen molar-refractivity contribution in [2.75, 3.05) is 18.8 Å². The van der Waals surface area contributed by atoms with E-state index in [4.69, 9.17) is 0 Å². The Morgan fingerprint density at radius 2 is 1.95 bits per heavy atom. The van der Waals surface area contributed by atoms with Crippen molar-refractivity contribution in [3.8, 4) is 0 Å². The molecule has 0 aliphatic rings. The van der Waals surface area contributed by atoms with Gasteiger partial charge in [-0.15, -0.1) is 0 Å². The number of aryl methyl sites for hydroxylation is 1. The predicted molar refractivity (Wildman–Crippen MR) is 85.3 cm³/mol. The van der Waals surface area contributed by atoms with Gasteiger partial charge in [-0.05, 0) is 30.5 Å². The summed E-state index contributed by atoms with van der Waals surface area (Å²) in [4.78, 5) is 11.8. The van der Waals surface area contributed by atoms with E-state index in [2.05, 4.69) is 10.0 Å². The zero-order valence-electron chi connectivity index (χ0n) is 12.6. The molecule has 0 radical (unpaired) electrons. The van der Waals surface area contributed by atoms with Gasteiger partial charge in [0.05, 0.1) is 5.75 Å². The molecule has 0 spiro atoms. The molecule has 0 unspecified atom stereocenters. The van der Waals surface area contributed by atoms with Gasteiger partial charge in [-0.2, -0.15) is 0 Å². The lowest BCUT2D eigenvalue weighted by atomic mass is 10.0. The Labute approximate surface area is 126 Å². The summed E-state index contributed by atoms with van der Waals surface area (Å²) in [5, 5.41) is 2.58. The van der Waals surface area contributed by atoms with Crippen LogP contribution in [0, 0.1) is 6.92 Å². The van der Waals surface area contributed by atoms with E-state index >= 15 is 0 Å². The summed E-state index contributed by atoms with van der Waals surface area (Å²) in [5.74, 6) is -0.411. The lowest BCUT2D eigenvalue weighted by Gasteiger charge is -2.07. The summed E-state index contributed by atoms with van der Waals surface area (Å²) < 4.78 is 25.2. The van der Waals surface area contributed by atoms with E-state index in [0.717, 1.165) is 16.7 Å². The first-order valence-corrected chi connectivity index (χ1v) is 8.50. The number of hydrogen-bond donors (Lipinski definition) is 2. The number of rotatable bonds is 7. The average molecular weight is 310 g/mol. The highest BCUT2D eigenvalue weighted by Crippen LogP contribution is 2.17. The van der Waals surface area contributed by atoms with E-state index in [1.165, 1.54) is 6.08 Å². The van der Waals surface area contributed by atoms with Crippen molar-refractivity contribution in [2.24, 2.45) is 0 Å². The summed E-state index contributed by atoms with van der Waals surface area (Å²) in [6.07, 6.45) is 1.49. The molecule has 1 rings (SSSR count). The fraction of sp³-hybridized carbons (Fsp3) is 0.400. The number of carbonyl (C=O) groups is 1. The third-order valence-corrected chi connectivity index (χ3v) is 4.42. The van der Waals surface area contributed by atoms with Gasteiger partial charge in [-0.25, -0.2) is 13.1 Å². The van der Waals surface area contributed by atoms with Gasteiger partial charge in [0.15, 0.2) is 0 Å². The zero-order valence-corrected chi connectivity index (χ0v) is 13.5. The second kappa shape index (κ2) is 7.95. The molecule has 0 aliphatic carbocycles. The molecule has 116 valence electrons. The monoisotopic (exact) mass is 310 g/mol. The van der Waals surface area contributed by atoms with Gasteiger partial charge in [0.2, 0.25) is 15.9 Å². The Balaban J connectivity index is 2.58. The fourth-order valence-corrected chi connectivity index (χ4v) is 2.90. The van der Waals surface area contributed by atoms with Crippen LogP contribution in [-0.2, 0) is 14.8 Å². The van der Waals surface area contributed by atoms with Crippen molar-refractivity contribution < 1.29 is 13.2 Å². The highest BCUT2D eigenvalue weighted by atomic mass is 32.2. The molecule has 0 heterocycles. The number of nitrogens with one attached hydrogen (secondary N) is 2. The van der Waals surface area contributed by atoms with Crippen molar-refractivity contribution in [1.82, 2.24) is 10.0 Å². The van der Waals surface area contributed by atoms with Gasteiger partial charge < -0.3 is 5.32 Å². The number of hydrogen-bond acceptors (Lipinski definition) is 3. The van der Waals surface area contributed by atoms with Crippen LogP contribution in [0.1, 0.15) is 25.0 Å². The first-order chi connectivity index (χ1) is 9.85. The summed E-state index contributed by atoms with van der Waals surface area (Å²) in [5.41, 5.74) is 2.95. The van der Waals surface area contributed by atoms with Gasteiger partial charge in [0.25, 0.3) is 0 Å². The van der Waals surface area contributed by atoms with E-state index in [0.29, 0.717) is 6.54 Å². The molecular formula is C15H22N2O3S. The van der Waals surface area contributed by atoms with Crippen LogP contribution in [0.25, 0.3) is 5.57 Å². The van der Waals surface area contributed by atoms with Crippen LogP contribution in [0.3, 0.4) is 0 Å². The second-order valence-electron chi connectivity index (χ2n) is 4.75. The maximum absolute atomic E-state index is 11.8. The van der Waals surface area contributed by atoms with Crippen LogP contribution in [0.15, 0.2) is 30.3 Å². The van der Waals surface area contributed by atoms with Gasteiger partial charge in [0, 0.05) is 19.2 Å². The molecule has 1 amide bonds. The molecule has 5 nitrogen and oxygen atoms in total. The summed E-state index contributed by atoms with van der Waals surface area (Å²) in [6.45, 7) is 5.99. The minimum absolute atomic E-state index is 0.0890. The molecule has 0 aliphatic heterocycles. The molecule has 1 aromatic carbocycles. The smallest absolute Gasteiger partial charge is 0.244 e. The Morgan fingerprint density at radius 3 is 2.57 bits per heavy atom. The van der Waals surface area contributed by atoms with Crippen molar-refractivity contribution in [3.63, 3.8) is 0 Å². The standard InChI is InChI=1S/C15H22N2O3S/c1-4-17-21(19,20)10-9-16-15(18)11-13(3)14-8-6-5-7-12(14)2/h5-8,11,17H,4,9-10H2,1-3H3,(H,16,18). The minimum Gasteiger partial charge on any atom is -0.351 e. The van der Waals surface area contributed by atoms with Crippen LogP contribution in [0.2, 0.25) is 0 Å². The first kappa shape index (κ1) is 17.4. The van der Waals surface area contributed by atoms with E-state index in [9.17, 15) is 13.2 Å². The highest BCUT2D eigenvalue weighted by molar-refractivity contribution is 7.89. The van der Waals surface area contributed by atoms with Crippen molar-refractivity contribution in [3.05, 3.63) is 41.5 Å². The Bertz CT molecular complexity index is 622. The van der Waals surface area contributed by atoms with Crippen LogP contribution in [-0.4, -0.2) is 33.2 Å². The molecule has 1 aromatic rings. The maximum Gasteiger partial charge on any atom is 0.244 e. The molecule has 0 bridgehead atoms. The summed E-state index contributed by atoms with van der Waals surface area (Å²) >= 11 is 0. The quantitative estimate of drug-likeness (QED) is 0.749. The SMILES string of the molecule is CCNS(=O)(=O)CCNC(=O)C=C(C)c1ccccc1C. The number of carbonyl (C=O) groups excluding carboxylic acids is 1. The van der Waals surface area contributed by atoms with E-state index in [1.807, 2.05) is 38.1 Å². The number of allylic oxidation sites excluding steroid dienone is 1. The predicted octanol–water partition coefficient (Wildman–Crippen LogP) is 1.45. The lowest BCUT2D eigenvalue weighted by molar-refractivity contribution is -0.116. The number of sulfonamides is 1. The summed E-state index contributed by atoms with van der Waals surface area (Å²) in [6, 6.07) is 7.79. The van der Waals surface area contributed by atoms with Gasteiger partial charge in [-0.3, -0.25) is 4.79 Å². The average Bonchev–Trinajstić information content (AvgIpc) is 2.38. The van der Waals surface area contributed by atoms with Crippen molar-refractivity contribution >= 4 is 21.5 Å². The van der Waals surface area contributed by atoms with Gasteiger partial charge >= 0.3 is 0 Å². The Hall–Kier alpha value is -1.66. The molecule has 6 heteroatoms. The van der Waals surface area contributed by atoms with Crippen LogP contribution in [0.5, 0.6) is 0 Å². The minimum atomic E-state index is -3.30. The van der Waals surface area contributed by atoms with Crippen LogP contribution >= 0.6 is 0 Å². The third kappa shape index (κ3) is 6.10. The Morgan fingerprint density at radius 1 is 1.29 bits per heavy atom. The second-order valence-corrected chi connectivity index (χ2v) is 6.68. The normalized spacial score (nSPS) is 12.2. The molecule has 0 atom stereocenters.